The van der Waals surface area contributed by atoms with Crippen LogP contribution >= 0.6 is 11.6 Å². The Balaban J connectivity index is 2.86. The molecule has 1 aromatic rings. The van der Waals surface area contributed by atoms with E-state index in [0.717, 1.165) is 0 Å². The number of hydrogen-bond donors (Lipinski definition) is 2. The van der Waals surface area contributed by atoms with Crippen LogP contribution in [0.25, 0.3) is 0 Å². The van der Waals surface area contributed by atoms with Crippen molar-refractivity contribution in [1.29, 1.82) is 0 Å². The largest absolute Gasteiger partial charge is 0.324 e. The van der Waals surface area contributed by atoms with E-state index >= 15 is 0 Å². The van der Waals surface area contributed by atoms with Gasteiger partial charge in [0.2, 0.25) is 5.78 Å². The van der Waals surface area contributed by atoms with Crippen LogP contribution in [0, 0.1) is 5.82 Å². The molecule has 0 radical (unpaired) electrons. The number of Topliss-reactive ketones (excluding diaryl/α,β-unsaturated/α-hetero) is 1. The molecule has 0 aliphatic rings. The van der Waals surface area contributed by atoms with Crippen molar-refractivity contribution in [3.8, 4) is 0 Å². The third-order valence-electron chi connectivity index (χ3n) is 1.64. The molecule has 0 saturated heterocycles. The normalized spacial score (nSPS) is 9.80. The third-order valence-corrected chi connectivity index (χ3v) is 1.93. The lowest BCUT2D eigenvalue weighted by Gasteiger charge is -2.05. The number of benzene rings is 1. The van der Waals surface area contributed by atoms with Gasteiger partial charge in [0.05, 0.1) is 17.3 Å². The molecule has 80 valence electrons. The maximum Gasteiger partial charge on any atom is 0.293 e. The Morgan fingerprint density at radius 3 is 2.73 bits per heavy atom. The molecule has 15 heavy (non-hydrogen) atoms. The van der Waals surface area contributed by atoms with Gasteiger partial charge in [0, 0.05) is 0 Å². The van der Waals surface area contributed by atoms with Crippen LogP contribution in [0.2, 0.25) is 5.02 Å². The quantitative estimate of drug-likeness (QED) is 0.760. The van der Waals surface area contributed by atoms with Crippen LogP contribution in [0.5, 0.6) is 0 Å². The fourth-order valence-electron chi connectivity index (χ4n) is 0.885. The number of amides is 1. The van der Waals surface area contributed by atoms with Crippen LogP contribution in [0.3, 0.4) is 0 Å². The second kappa shape index (κ2) is 4.86. The molecule has 0 heterocycles. The minimum absolute atomic E-state index is 0.131. The predicted molar refractivity (Wildman–Crippen MR) is 54.1 cm³/mol. The molecule has 4 nitrogen and oxygen atoms in total. The molecule has 0 saturated carbocycles. The van der Waals surface area contributed by atoms with Gasteiger partial charge in [-0.05, 0) is 12.1 Å². The monoisotopic (exact) mass is 230 g/mol. The molecule has 0 bridgehead atoms. The lowest BCUT2D eigenvalue weighted by molar-refractivity contribution is -0.133. The van der Waals surface area contributed by atoms with E-state index < -0.39 is 24.1 Å². The summed E-state index contributed by atoms with van der Waals surface area (Å²) in [5.74, 6) is -2.56. The second-order valence-electron chi connectivity index (χ2n) is 2.68. The first-order valence-electron chi connectivity index (χ1n) is 4.04. The van der Waals surface area contributed by atoms with Crippen molar-refractivity contribution in [2.75, 3.05) is 11.9 Å². The van der Waals surface area contributed by atoms with E-state index in [0.29, 0.717) is 0 Å². The van der Waals surface area contributed by atoms with E-state index in [4.69, 9.17) is 17.3 Å². The highest BCUT2D eigenvalue weighted by molar-refractivity contribution is 6.41. The molecule has 0 aliphatic heterocycles. The van der Waals surface area contributed by atoms with Crippen LogP contribution in [-0.4, -0.2) is 18.2 Å². The van der Waals surface area contributed by atoms with E-state index in [-0.39, 0.29) is 10.7 Å². The number of hydrogen-bond acceptors (Lipinski definition) is 3. The number of nitrogens with two attached hydrogens (primary N) is 1. The number of halogens is 2. The van der Waals surface area contributed by atoms with Gasteiger partial charge in [0.1, 0.15) is 0 Å². The van der Waals surface area contributed by atoms with Crippen molar-refractivity contribution >= 4 is 29.0 Å². The highest BCUT2D eigenvalue weighted by Gasteiger charge is 2.14. The first kappa shape index (κ1) is 11.6. The molecule has 1 amide bonds. The standard InChI is InChI=1S/C9H8ClFN2O2/c10-5-2-1-3-6(8(5)11)13-9(15)7(14)4-12/h1-3H,4,12H2,(H,13,15). The summed E-state index contributed by atoms with van der Waals surface area (Å²) in [4.78, 5) is 21.9. The van der Waals surface area contributed by atoms with Gasteiger partial charge in [0.25, 0.3) is 5.91 Å². The lowest BCUT2D eigenvalue weighted by atomic mass is 10.3. The number of anilines is 1. The molecule has 1 rings (SSSR count). The van der Waals surface area contributed by atoms with Gasteiger partial charge in [-0.15, -0.1) is 0 Å². The van der Waals surface area contributed by atoms with Gasteiger partial charge in [-0.3, -0.25) is 9.59 Å². The summed E-state index contributed by atoms with van der Waals surface area (Å²) < 4.78 is 13.2. The molecular weight excluding hydrogens is 223 g/mol. The zero-order chi connectivity index (χ0) is 11.4. The van der Waals surface area contributed by atoms with Crippen LogP contribution in [-0.2, 0) is 9.59 Å². The molecule has 6 heteroatoms. The van der Waals surface area contributed by atoms with Crippen LogP contribution in [0.4, 0.5) is 10.1 Å². The summed E-state index contributed by atoms with van der Waals surface area (Å²) in [6.07, 6.45) is 0. The lowest BCUT2D eigenvalue weighted by Crippen LogP contribution is -2.29. The fourth-order valence-corrected chi connectivity index (χ4v) is 1.06. The van der Waals surface area contributed by atoms with Gasteiger partial charge >= 0.3 is 0 Å². The minimum atomic E-state index is -0.960. The molecule has 1 aromatic carbocycles. The Bertz CT molecular complexity index is 409. The van der Waals surface area contributed by atoms with Crippen molar-refractivity contribution in [3.05, 3.63) is 29.0 Å². The molecule has 0 aromatic heterocycles. The SMILES string of the molecule is NCC(=O)C(=O)Nc1cccc(Cl)c1F. The predicted octanol–water partition coefficient (Wildman–Crippen LogP) is 0.945. The maximum atomic E-state index is 13.2. The number of carbonyl (C=O) groups excluding carboxylic acids is 2. The smallest absolute Gasteiger partial charge is 0.293 e. The highest BCUT2D eigenvalue weighted by atomic mass is 35.5. The van der Waals surface area contributed by atoms with Gasteiger partial charge < -0.3 is 11.1 Å². The zero-order valence-corrected chi connectivity index (χ0v) is 8.34. The minimum Gasteiger partial charge on any atom is -0.324 e. The topological polar surface area (TPSA) is 72.2 Å². The number of rotatable bonds is 3. The number of ketones is 1. The Hall–Kier alpha value is -1.46. The van der Waals surface area contributed by atoms with Crippen molar-refractivity contribution in [2.24, 2.45) is 5.73 Å². The Morgan fingerprint density at radius 2 is 2.13 bits per heavy atom. The highest BCUT2D eigenvalue weighted by Crippen LogP contribution is 2.21. The molecule has 0 aliphatic carbocycles. The summed E-state index contributed by atoms with van der Waals surface area (Å²) in [5.41, 5.74) is 4.82. The van der Waals surface area contributed by atoms with Crippen LogP contribution in [0.15, 0.2) is 18.2 Å². The molecule has 0 unspecified atom stereocenters. The summed E-state index contributed by atoms with van der Waals surface area (Å²) in [6.45, 7) is -0.423. The van der Waals surface area contributed by atoms with Gasteiger partial charge in [0.15, 0.2) is 5.82 Å². The summed E-state index contributed by atoms with van der Waals surface area (Å²) in [5, 5.41) is 1.94. The van der Waals surface area contributed by atoms with Crippen molar-refractivity contribution < 1.29 is 14.0 Å². The van der Waals surface area contributed by atoms with Crippen molar-refractivity contribution in [2.45, 2.75) is 0 Å². The van der Waals surface area contributed by atoms with Gasteiger partial charge in [-0.1, -0.05) is 17.7 Å². The van der Waals surface area contributed by atoms with Crippen LogP contribution in [0.1, 0.15) is 0 Å². The number of carbonyl (C=O) groups is 2. The van der Waals surface area contributed by atoms with E-state index in [1.54, 1.807) is 0 Å². The van der Waals surface area contributed by atoms with Crippen molar-refractivity contribution in [1.82, 2.24) is 0 Å². The molecular formula is C9H8ClFN2O2. The van der Waals surface area contributed by atoms with Gasteiger partial charge in [-0.2, -0.15) is 0 Å². The van der Waals surface area contributed by atoms with Gasteiger partial charge in [-0.25, -0.2) is 4.39 Å². The number of nitrogens with one attached hydrogen (secondary N) is 1. The summed E-state index contributed by atoms with van der Waals surface area (Å²) in [6, 6.07) is 4.08. The second-order valence-corrected chi connectivity index (χ2v) is 3.09. The van der Waals surface area contributed by atoms with Crippen LogP contribution < -0.4 is 11.1 Å². The fraction of sp³-hybridized carbons (Fsp3) is 0.111. The Morgan fingerprint density at radius 1 is 1.47 bits per heavy atom. The summed E-state index contributed by atoms with van der Waals surface area (Å²) in [7, 11) is 0. The molecule has 0 spiro atoms. The Kier molecular flexibility index (Phi) is 3.76. The molecule has 0 atom stereocenters. The molecule has 3 N–H and O–H groups in total. The van der Waals surface area contributed by atoms with Crippen molar-refractivity contribution in [3.63, 3.8) is 0 Å². The Labute approximate surface area is 90.2 Å². The van der Waals surface area contributed by atoms with E-state index in [1.165, 1.54) is 18.2 Å². The molecule has 0 fully saturated rings. The third kappa shape index (κ3) is 2.74. The van der Waals surface area contributed by atoms with E-state index in [1.807, 2.05) is 0 Å². The first-order chi connectivity index (χ1) is 7.06. The zero-order valence-electron chi connectivity index (χ0n) is 7.59. The average Bonchev–Trinajstić information content (AvgIpc) is 2.23. The van der Waals surface area contributed by atoms with E-state index in [9.17, 15) is 14.0 Å². The summed E-state index contributed by atoms with van der Waals surface area (Å²) >= 11 is 5.47. The van der Waals surface area contributed by atoms with E-state index in [2.05, 4.69) is 5.32 Å². The average molecular weight is 231 g/mol. The first-order valence-corrected chi connectivity index (χ1v) is 4.42. The maximum absolute atomic E-state index is 13.2.